The van der Waals surface area contributed by atoms with Gasteiger partial charge in [0.15, 0.2) is 6.61 Å². The molecule has 8 nitrogen and oxygen atoms in total. The Morgan fingerprint density at radius 2 is 1.92 bits per heavy atom. The van der Waals surface area contributed by atoms with Gasteiger partial charge in [0.05, 0.1) is 5.69 Å². The average Bonchev–Trinajstić information content (AvgIpc) is 2.94. The van der Waals surface area contributed by atoms with Gasteiger partial charge in [0.2, 0.25) is 5.76 Å². The van der Waals surface area contributed by atoms with Crippen LogP contribution in [-0.4, -0.2) is 29.7 Å². The number of aromatic nitrogens is 1. The van der Waals surface area contributed by atoms with Gasteiger partial charge in [0, 0.05) is 11.8 Å². The van der Waals surface area contributed by atoms with Crippen molar-refractivity contribution in [2.24, 2.45) is 0 Å². The zero-order valence-corrected chi connectivity index (χ0v) is 13.5. The highest BCUT2D eigenvalue weighted by atomic mass is 16.6. The summed E-state index contributed by atoms with van der Waals surface area (Å²) < 4.78 is 9.43. The number of nitrogens with one attached hydrogen (secondary N) is 2. The normalized spacial score (nSPS) is 10.1. The molecule has 0 aliphatic rings. The number of rotatable bonds is 4. The third-order valence-electron chi connectivity index (χ3n) is 3.05. The lowest BCUT2D eigenvalue weighted by Gasteiger charge is -2.09. The molecular weight excluding hydrogens is 314 g/mol. The van der Waals surface area contributed by atoms with Gasteiger partial charge in [-0.15, -0.1) is 0 Å². The fourth-order valence-corrected chi connectivity index (χ4v) is 1.93. The standard InChI is InChI=1S/C16H17N3O5/c1-9-4-5-12(10(2)6-9)17-16(22)18-14(20)8-23-15(21)13-7-11(3)19-24-13/h4-7H,8H2,1-3H3,(H2,17,18,20,22). The average molecular weight is 331 g/mol. The minimum Gasteiger partial charge on any atom is -0.450 e. The Morgan fingerprint density at radius 1 is 1.17 bits per heavy atom. The SMILES string of the molecule is Cc1ccc(NC(=O)NC(=O)COC(=O)c2cc(C)no2)c(C)c1. The van der Waals surface area contributed by atoms with Crippen molar-refractivity contribution in [3.8, 4) is 0 Å². The van der Waals surface area contributed by atoms with Gasteiger partial charge in [0.1, 0.15) is 0 Å². The summed E-state index contributed by atoms with van der Waals surface area (Å²) >= 11 is 0. The van der Waals surface area contributed by atoms with Gasteiger partial charge in [-0.25, -0.2) is 9.59 Å². The molecule has 0 radical (unpaired) electrons. The van der Waals surface area contributed by atoms with Crippen LogP contribution in [0.1, 0.15) is 27.4 Å². The quantitative estimate of drug-likeness (QED) is 0.830. The lowest BCUT2D eigenvalue weighted by Crippen LogP contribution is -2.37. The Balaban J connectivity index is 1.81. The van der Waals surface area contributed by atoms with Crippen LogP contribution in [0, 0.1) is 20.8 Å². The maximum absolute atomic E-state index is 11.8. The van der Waals surface area contributed by atoms with Gasteiger partial charge in [-0.05, 0) is 32.4 Å². The number of hydrogen-bond acceptors (Lipinski definition) is 6. The van der Waals surface area contributed by atoms with Gasteiger partial charge in [0.25, 0.3) is 5.91 Å². The van der Waals surface area contributed by atoms with E-state index < -0.39 is 24.5 Å². The zero-order chi connectivity index (χ0) is 17.7. The molecule has 0 saturated heterocycles. The maximum atomic E-state index is 11.8. The first kappa shape index (κ1) is 17.2. The number of carbonyl (C=O) groups excluding carboxylic acids is 3. The number of anilines is 1. The summed E-state index contributed by atoms with van der Waals surface area (Å²) in [7, 11) is 0. The summed E-state index contributed by atoms with van der Waals surface area (Å²) in [6, 6.07) is 6.15. The smallest absolute Gasteiger partial charge is 0.377 e. The zero-order valence-electron chi connectivity index (χ0n) is 13.5. The van der Waals surface area contributed by atoms with Gasteiger partial charge >= 0.3 is 12.0 Å². The predicted octanol–water partition coefficient (Wildman–Crippen LogP) is 2.10. The second-order valence-electron chi connectivity index (χ2n) is 5.23. The number of urea groups is 1. The first-order valence-electron chi connectivity index (χ1n) is 7.13. The predicted molar refractivity (Wildman–Crippen MR) is 84.6 cm³/mol. The fourth-order valence-electron chi connectivity index (χ4n) is 1.93. The number of aryl methyl sites for hydroxylation is 3. The maximum Gasteiger partial charge on any atom is 0.377 e. The second-order valence-corrected chi connectivity index (χ2v) is 5.23. The first-order chi connectivity index (χ1) is 11.3. The van der Waals surface area contributed by atoms with E-state index in [0.29, 0.717) is 11.4 Å². The van der Waals surface area contributed by atoms with E-state index in [2.05, 4.69) is 15.8 Å². The van der Waals surface area contributed by atoms with E-state index in [1.54, 1.807) is 13.0 Å². The van der Waals surface area contributed by atoms with Gasteiger partial charge in [-0.2, -0.15) is 0 Å². The van der Waals surface area contributed by atoms with Crippen molar-refractivity contribution in [3.63, 3.8) is 0 Å². The molecule has 0 unspecified atom stereocenters. The van der Waals surface area contributed by atoms with Crippen molar-refractivity contribution in [2.45, 2.75) is 20.8 Å². The minimum absolute atomic E-state index is 0.111. The molecule has 24 heavy (non-hydrogen) atoms. The summed E-state index contributed by atoms with van der Waals surface area (Å²) in [6.45, 7) is 4.81. The van der Waals surface area contributed by atoms with Crippen LogP contribution in [0.4, 0.5) is 10.5 Å². The molecule has 0 aliphatic carbocycles. The molecule has 0 spiro atoms. The number of nitrogens with zero attached hydrogens (tertiary/aromatic N) is 1. The van der Waals surface area contributed by atoms with Crippen molar-refractivity contribution in [2.75, 3.05) is 11.9 Å². The van der Waals surface area contributed by atoms with E-state index in [1.165, 1.54) is 6.07 Å². The van der Waals surface area contributed by atoms with Crippen LogP contribution in [0.2, 0.25) is 0 Å². The Kier molecular flexibility index (Phi) is 5.31. The summed E-state index contributed by atoms with van der Waals surface area (Å²) in [5.74, 6) is -1.71. The molecule has 2 N–H and O–H groups in total. The Labute approximate surface area is 138 Å². The lowest BCUT2D eigenvalue weighted by atomic mass is 10.1. The topological polar surface area (TPSA) is 111 Å². The van der Waals surface area contributed by atoms with E-state index in [9.17, 15) is 14.4 Å². The molecule has 0 saturated carbocycles. The van der Waals surface area contributed by atoms with E-state index in [1.807, 2.05) is 26.0 Å². The molecule has 0 aliphatic heterocycles. The monoisotopic (exact) mass is 331 g/mol. The third kappa shape index (κ3) is 4.67. The molecule has 1 aromatic heterocycles. The van der Waals surface area contributed by atoms with Crippen LogP contribution in [0.25, 0.3) is 0 Å². The number of hydrogen-bond donors (Lipinski definition) is 2. The van der Waals surface area contributed by atoms with Crippen LogP contribution in [0.15, 0.2) is 28.8 Å². The van der Waals surface area contributed by atoms with Crippen LogP contribution < -0.4 is 10.6 Å². The summed E-state index contributed by atoms with van der Waals surface area (Å²) in [5, 5.41) is 8.15. The van der Waals surface area contributed by atoms with Crippen LogP contribution in [-0.2, 0) is 9.53 Å². The fraction of sp³-hybridized carbons (Fsp3) is 0.250. The molecule has 0 fully saturated rings. The van der Waals surface area contributed by atoms with Crippen molar-refractivity contribution in [3.05, 3.63) is 46.8 Å². The third-order valence-corrected chi connectivity index (χ3v) is 3.05. The molecule has 0 atom stereocenters. The summed E-state index contributed by atoms with van der Waals surface area (Å²) in [5.41, 5.74) is 3.02. The van der Waals surface area contributed by atoms with Crippen molar-refractivity contribution < 1.29 is 23.6 Å². The Bertz CT molecular complexity index is 782. The molecule has 1 heterocycles. The van der Waals surface area contributed by atoms with E-state index in [0.717, 1.165) is 11.1 Å². The molecule has 2 aromatic rings. The van der Waals surface area contributed by atoms with Crippen molar-refractivity contribution in [1.29, 1.82) is 0 Å². The largest absolute Gasteiger partial charge is 0.450 e. The number of ether oxygens (including phenoxy) is 1. The van der Waals surface area contributed by atoms with Crippen LogP contribution >= 0.6 is 0 Å². The van der Waals surface area contributed by atoms with E-state index in [-0.39, 0.29) is 5.76 Å². The highest BCUT2D eigenvalue weighted by Crippen LogP contribution is 2.15. The highest BCUT2D eigenvalue weighted by molar-refractivity contribution is 6.02. The van der Waals surface area contributed by atoms with Crippen LogP contribution in [0.5, 0.6) is 0 Å². The number of esters is 1. The minimum atomic E-state index is -0.833. The van der Waals surface area contributed by atoms with Crippen molar-refractivity contribution in [1.82, 2.24) is 10.5 Å². The van der Waals surface area contributed by atoms with Gasteiger partial charge in [-0.3, -0.25) is 10.1 Å². The van der Waals surface area contributed by atoms with E-state index in [4.69, 9.17) is 9.26 Å². The highest BCUT2D eigenvalue weighted by Gasteiger charge is 2.16. The second kappa shape index (κ2) is 7.40. The number of amides is 3. The number of imide groups is 1. The lowest BCUT2D eigenvalue weighted by molar-refractivity contribution is -0.123. The number of carbonyl (C=O) groups is 3. The first-order valence-corrected chi connectivity index (χ1v) is 7.13. The summed E-state index contributed by atoms with van der Waals surface area (Å²) in [4.78, 5) is 35.0. The van der Waals surface area contributed by atoms with Gasteiger partial charge in [-0.1, -0.05) is 22.9 Å². The van der Waals surface area contributed by atoms with Crippen molar-refractivity contribution >= 4 is 23.6 Å². The molecular formula is C16H17N3O5. The van der Waals surface area contributed by atoms with E-state index >= 15 is 0 Å². The molecule has 8 heteroatoms. The number of benzene rings is 1. The Morgan fingerprint density at radius 3 is 2.54 bits per heavy atom. The Hall–Kier alpha value is -3.16. The molecule has 126 valence electrons. The van der Waals surface area contributed by atoms with Gasteiger partial charge < -0.3 is 14.6 Å². The summed E-state index contributed by atoms with van der Waals surface area (Å²) in [6.07, 6.45) is 0. The van der Waals surface area contributed by atoms with Crippen LogP contribution in [0.3, 0.4) is 0 Å². The molecule has 1 aromatic carbocycles. The molecule has 3 amide bonds. The molecule has 0 bridgehead atoms. The molecule has 2 rings (SSSR count).